The number of carbonyl (C=O) groups is 1. The van der Waals surface area contributed by atoms with Crippen LogP contribution in [0.1, 0.15) is 22.8 Å². The van der Waals surface area contributed by atoms with Crippen LogP contribution in [-0.2, 0) is 14.8 Å². The van der Waals surface area contributed by atoms with E-state index >= 15 is 0 Å². The van der Waals surface area contributed by atoms with Gasteiger partial charge in [0, 0.05) is 16.6 Å². The van der Waals surface area contributed by atoms with Crippen molar-refractivity contribution in [1.29, 1.82) is 0 Å². The molecule has 0 spiro atoms. The Morgan fingerprint density at radius 2 is 2.04 bits per heavy atom. The highest BCUT2D eigenvalue weighted by molar-refractivity contribution is 9.10. The fraction of sp³-hybridized carbons (Fsp3) is 0.167. The van der Waals surface area contributed by atoms with Crippen molar-refractivity contribution in [3.8, 4) is 12.3 Å². The Morgan fingerprint density at radius 3 is 2.62 bits per heavy atom. The Bertz CT molecular complexity index is 999. The van der Waals surface area contributed by atoms with Crippen molar-refractivity contribution in [2.45, 2.75) is 11.8 Å². The van der Waals surface area contributed by atoms with E-state index in [2.05, 4.69) is 26.6 Å². The molecule has 0 bridgehead atoms. The molecule has 0 aliphatic heterocycles. The number of anilines is 1. The Hall–Kier alpha value is -2.37. The van der Waals surface area contributed by atoms with Crippen LogP contribution in [0.2, 0.25) is 0 Å². The van der Waals surface area contributed by atoms with Gasteiger partial charge in [-0.1, -0.05) is 12.0 Å². The summed E-state index contributed by atoms with van der Waals surface area (Å²) in [5, 5.41) is 0. The van der Waals surface area contributed by atoms with Crippen molar-refractivity contribution in [3.05, 3.63) is 57.8 Å². The molecule has 0 amide bonds. The first-order chi connectivity index (χ1) is 12.3. The molecule has 5 nitrogen and oxygen atoms in total. The molecule has 0 saturated carbocycles. The quantitative estimate of drug-likeness (QED) is 0.527. The predicted molar refractivity (Wildman–Crippen MR) is 100 cm³/mol. The van der Waals surface area contributed by atoms with Gasteiger partial charge in [-0.3, -0.25) is 4.31 Å². The topological polar surface area (TPSA) is 63.7 Å². The molecule has 0 saturated heterocycles. The van der Waals surface area contributed by atoms with E-state index in [9.17, 15) is 17.6 Å². The molecular formula is C18H15BrFNO4S. The number of methoxy groups -OCH3 is 1. The van der Waals surface area contributed by atoms with Gasteiger partial charge in [0.2, 0.25) is 0 Å². The lowest BCUT2D eigenvalue weighted by Gasteiger charge is -2.23. The lowest BCUT2D eigenvalue weighted by molar-refractivity contribution is 0.0599. The second-order valence-corrected chi connectivity index (χ2v) is 7.80. The maximum absolute atomic E-state index is 14.4. The lowest BCUT2D eigenvalue weighted by Crippen LogP contribution is -2.31. The van der Waals surface area contributed by atoms with E-state index in [1.807, 2.05) is 0 Å². The van der Waals surface area contributed by atoms with Gasteiger partial charge >= 0.3 is 5.97 Å². The van der Waals surface area contributed by atoms with Gasteiger partial charge in [0.05, 0.1) is 18.4 Å². The maximum Gasteiger partial charge on any atom is 0.339 e. The van der Waals surface area contributed by atoms with Gasteiger partial charge < -0.3 is 4.74 Å². The van der Waals surface area contributed by atoms with E-state index in [1.54, 1.807) is 25.1 Å². The Kier molecular flexibility index (Phi) is 6.05. The molecule has 2 rings (SSSR count). The number of halogens is 2. The highest BCUT2D eigenvalue weighted by atomic mass is 79.9. The molecule has 2 aromatic rings. The van der Waals surface area contributed by atoms with Crippen LogP contribution >= 0.6 is 15.9 Å². The van der Waals surface area contributed by atoms with E-state index in [1.165, 1.54) is 6.07 Å². The van der Waals surface area contributed by atoms with Crippen molar-refractivity contribution in [3.63, 3.8) is 0 Å². The van der Waals surface area contributed by atoms with Crippen molar-refractivity contribution >= 4 is 37.6 Å². The van der Waals surface area contributed by atoms with Crippen molar-refractivity contribution < 1.29 is 22.3 Å². The summed E-state index contributed by atoms with van der Waals surface area (Å²) in [5.74, 6) is 0.649. The summed E-state index contributed by atoms with van der Waals surface area (Å²) in [4.78, 5) is 11.2. The molecule has 8 heteroatoms. The van der Waals surface area contributed by atoms with Gasteiger partial charge in [0.15, 0.2) is 0 Å². The molecule has 26 heavy (non-hydrogen) atoms. The maximum atomic E-state index is 14.4. The third kappa shape index (κ3) is 3.74. The average molecular weight is 440 g/mol. The van der Waals surface area contributed by atoms with Crippen molar-refractivity contribution in [2.75, 3.05) is 18.0 Å². The predicted octanol–water partition coefficient (Wildman–Crippen LogP) is 3.57. The van der Waals surface area contributed by atoms with Crippen LogP contribution < -0.4 is 4.31 Å². The standard InChI is InChI=1S/C18H15BrFNO4S/c1-4-12-7-6-8-13(9-12)21(5-2)26(23,24)17-10-14(18(22)25-3)15(19)11-16(17)20/h1,6-11H,5H2,2-3H3. The molecule has 0 aromatic heterocycles. The summed E-state index contributed by atoms with van der Waals surface area (Å²) in [6.07, 6.45) is 5.36. The Balaban J connectivity index is 2.64. The van der Waals surface area contributed by atoms with E-state index in [0.717, 1.165) is 23.5 Å². The second kappa shape index (κ2) is 7.89. The van der Waals surface area contributed by atoms with Crippen LogP contribution in [0.15, 0.2) is 45.8 Å². The number of terminal acetylenes is 1. The summed E-state index contributed by atoms with van der Waals surface area (Å²) < 4.78 is 46.2. The molecule has 0 radical (unpaired) electrons. The summed E-state index contributed by atoms with van der Waals surface area (Å²) in [6.45, 7) is 1.65. The molecule has 0 aliphatic carbocycles. The SMILES string of the molecule is C#Cc1cccc(N(CC)S(=O)(=O)c2cc(C(=O)OC)c(Br)cc2F)c1. The highest BCUT2D eigenvalue weighted by Gasteiger charge is 2.29. The molecule has 136 valence electrons. The summed E-state index contributed by atoms with van der Waals surface area (Å²) >= 11 is 3.04. The van der Waals surface area contributed by atoms with Crippen LogP contribution in [0.25, 0.3) is 0 Å². The van der Waals surface area contributed by atoms with Crippen LogP contribution in [0.3, 0.4) is 0 Å². The number of rotatable bonds is 5. The van der Waals surface area contributed by atoms with Crippen LogP contribution in [0.4, 0.5) is 10.1 Å². The van der Waals surface area contributed by atoms with Crippen LogP contribution in [0, 0.1) is 18.2 Å². The van der Waals surface area contributed by atoms with Gasteiger partial charge in [-0.25, -0.2) is 17.6 Å². The number of carbonyl (C=O) groups excluding carboxylic acids is 1. The summed E-state index contributed by atoms with van der Waals surface area (Å²) in [6, 6.07) is 8.21. The van der Waals surface area contributed by atoms with Crippen LogP contribution in [0.5, 0.6) is 0 Å². The zero-order valence-corrected chi connectivity index (χ0v) is 16.4. The second-order valence-electron chi connectivity index (χ2n) is 5.12. The average Bonchev–Trinajstić information content (AvgIpc) is 2.61. The summed E-state index contributed by atoms with van der Waals surface area (Å²) in [5.41, 5.74) is 0.688. The number of nitrogens with zero attached hydrogens (tertiary/aromatic N) is 1. The van der Waals surface area contributed by atoms with E-state index < -0.39 is 26.7 Å². The Morgan fingerprint density at radius 1 is 1.35 bits per heavy atom. The fourth-order valence-electron chi connectivity index (χ4n) is 2.35. The smallest absolute Gasteiger partial charge is 0.339 e. The molecule has 0 atom stereocenters. The molecule has 0 fully saturated rings. The number of hydrogen-bond donors (Lipinski definition) is 0. The third-order valence-corrected chi connectivity index (χ3v) is 6.16. The van der Waals surface area contributed by atoms with Crippen molar-refractivity contribution in [2.24, 2.45) is 0 Å². The monoisotopic (exact) mass is 439 g/mol. The number of benzene rings is 2. The largest absolute Gasteiger partial charge is 0.465 e. The number of hydrogen-bond acceptors (Lipinski definition) is 4. The van der Waals surface area contributed by atoms with Gasteiger partial charge in [-0.05, 0) is 53.2 Å². The zero-order valence-electron chi connectivity index (χ0n) is 14.0. The third-order valence-electron chi connectivity index (χ3n) is 3.58. The number of sulfonamides is 1. The van der Waals surface area contributed by atoms with E-state index in [0.29, 0.717) is 11.3 Å². The first-order valence-corrected chi connectivity index (χ1v) is 9.66. The minimum atomic E-state index is -4.28. The number of esters is 1. The lowest BCUT2D eigenvalue weighted by atomic mass is 10.2. The molecule has 0 aliphatic rings. The normalized spacial score (nSPS) is 10.9. The molecule has 2 aromatic carbocycles. The first-order valence-electron chi connectivity index (χ1n) is 7.43. The molecule has 0 heterocycles. The van der Waals surface area contributed by atoms with Crippen molar-refractivity contribution in [1.82, 2.24) is 0 Å². The summed E-state index contributed by atoms with van der Waals surface area (Å²) in [7, 11) is -3.13. The van der Waals surface area contributed by atoms with E-state index in [-0.39, 0.29) is 16.6 Å². The minimum Gasteiger partial charge on any atom is -0.465 e. The van der Waals surface area contributed by atoms with Gasteiger partial charge in [-0.15, -0.1) is 6.42 Å². The van der Waals surface area contributed by atoms with Gasteiger partial charge in [0.25, 0.3) is 10.0 Å². The number of ether oxygens (including phenoxy) is 1. The zero-order chi connectivity index (χ0) is 19.5. The van der Waals surface area contributed by atoms with Gasteiger partial charge in [-0.2, -0.15) is 0 Å². The van der Waals surface area contributed by atoms with Crippen LogP contribution in [-0.4, -0.2) is 28.0 Å². The van der Waals surface area contributed by atoms with Gasteiger partial charge in [0.1, 0.15) is 10.7 Å². The fourth-order valence-corrected chi connectivity index (χ4v) is 4.37. The molecule has 0 unspecified atom stereocenters. The Labute approximate surface area is 160 Å². The molecule has 0 N–H and O–H groups in total. The highest BCUT2D eigenvalue weighted by Crippen LogP contribution is 2.30. The minimum absolute atomic E-state index is 0.0411. The molecular weight excluding hydrogens is 425 g/mol. The first kappa shape index (κ1) is 19.9. The van der Waals surface area contributed by atoms with E-state index in [4.69, 9.17) is 6.42 Å².